The van der Waals surface area contributed by atoms with Gasteiger partial charge in [-0.25, -0.2) is 0 Å². The third kappa shape index (κ3) is 1.71. The van der Waals surface area contributed by atoms with Gasteiger partial charge in [-0.15, -0.1) is 0 Å². The number of aromatic nitrogens is 1. The van der Waals surface area contributed by atoms with E-state index in [2.05, 4.69) is 10.3 Å². The van der Waals surface area contributed by atoms with Crippen molar-refractivity contribution in [3.63, 3.8) is 0 Å². The van der Waals surface area contributed by atoms with Gasteiger partial charge in [-0.2, -0.15) is 0 Å². The largest absolute Gasteiger partial charge is 0.288 e. The molecule has 0 unspecified atom stereocenters. The van der Waals surface area contributed by atoms with Gasteiger partial charge in [0.05, 0.1) is 21.9 Å². The summed E-state index contributed by atoms with van der Waals surface area (Å²) in [6, 6.07) is 15.5. The molecule has 2 bridgehead atoms. The average Bonchev–Trinajstić information content (AvgIpc) is 2.84. The van der Waals surface area contributed by atoms with E-state index in [1.54, 1.807) is 0 Å². The minimum Gasteiger partial charge on any atom is -0.288 e. The lowest BCUT2D eigenvalue weighted by Crippen LogP contribution is -2.22. The number of nitrogens with one attached hydrogen (secondary N) is 2. The topological polar surface area (TPSA) is 96.1 Å². The predicted octanol–water partition coefficient (Wildman–Crippen LogP) is 2.67. The molecular weight excluding hydrogens is 356 g/mol. The molecule has 132 valence electrons. The van der Waals surface area contributed by atoms with E-state index in [1.807, 2.05) is 48.5 Å². The third-order valence-electron chi connectivity index (χ3n) is 5.49. The molecule has 0 spiro atoms. The van der Waals surface area contributed by atoms with Crippen molar-refractivity contribution in [2.75, 3.05) is 0 Å². The number of carbonyl (C=O) groups is 2. The molecule has 1 aliphatic rings. The van der Waals surface area contributed by atoms with Gasteiger partial charge in [-0.05, 0) is 56.6 Å². The van der Waals surface area contributed by atoms with Crippen LogP contribution < -0.4 is 16.4 Å². The molecule has 0 saturated carbocycles. The molecule has 3 heterocycles. The Hall–Kier alpha value is -4.06. The van der Waals surface area contributed by atoms with Crippen LogP contribution in [0.5, 0.6) is 0 Å². The van der Waals surface area contributed by atoms with E-state index in [0.717, 1.165) is 21.5 Å². The smallest absolute Gasteiger partial charge is 0.259 e. The number of H-pyrrole nitrogens is 1. The molecule has 0 saturated heterocycles. The molecule has 2 aromatic heterocycles. The first-order valence-corrected chi connectivity index (χ1v) is 8.70. The predicted molar refractivity (Wildman–Crippen MR) is 106 cm³/mol. The normalized spacial score (nSPS) is 13.7. The molecule has 6 heteroatoms. The first kappa shape index (κ1) is 15.0. The molecule has 4 aromatic carbocycles. The maximum Gasteiger partial charge on any atom is 0.259 e. The van der Waals surface area contributed by atoms with Crippen LogP contribution in [0.15, 0.2) is 58.1 Å². The Bertz CT molecular complexity index is 1540. The van der Waals surface area contributed by atoms with E-state index < -0.39 is 22.9 Å². The van der Waals surface area contributed by atoms with Crippen LogP contribution in [-0.2, 0) is 0 Å². The van der Waals surface area contributed by atoms with Gasteiger partial charge >= 0.3 is 0 Å². The molecule has 6 nitrogen and oxygen atoms in total. The van der Waals surface area contributed by atoms with Crippen molar-refractivity contribution in [2.24, 2.45) is 0 Å². The monoisotopic (exact) mass is 366 g/mol. The van der Waals surface area contributed by atoms with Crippen molar-refractivity contribution < 1.29 is 9.59 Å². The van der Waals surface area contributed by atoms with Crippen LogP contribution in [0, 0.1) is 0 Å². The van der Waals surface area contributed by atoms with Crippen molar-refractivity contribution in [3.8, 4) is 0 Å². The fraction of sp³-hybridized carbons (Fsp3) is 0. The van der Waals surface area contributed by atoms with Crippen LogP contribution in [0.1, 0.15) is 20.7 Å². The third-order valence-corrected chi connectivity index (χ3v) is 5.49. The highest BCUT2D eigenvalue weighted by Crippen LogP contribution is 2.35. The Morgan fingerprint density at radius 1 is 0.571 bits per heavy atom. The van der Waals surface area contributed by atoms with Crippen LogP contribution in [-0.4, -0.2) is 16.8 Å². The number of rotatable bonds is 0. The van der Waals surface area contributed by atoms with Crippen LogP contribution in [0.2, 0.25) is 0 Å². The summed E-state index contributed by atoms with van der Waals surface area (Å²) >= 11 is 0. The number of imide groups is 1. The molecular formula is C22H10N2O4. The lowest BCUT2D eigenvalue weighted by Gasteiger charge is -2.08. The zero-order valence-corrected chi connectivity index (χ0v) is 14.3. The highest BCUT2D eigenvalue weighted by molar-refractivity contribution is 6.34. The molecule has 6 aromatic rings. The van der Waals surface area contributed by atoms with Gasteiger partial charge < -0.3 is 0 Å². The number of hydrogen-bond acceptors (Lipinski definition) is 4. The number of amides is 2. The van der Waals surface area contributed by atoms with Crippen molar-refractivity contribution >= 4 is 54.9 Å². The number of aromatic amines is 1. The van der Waals surface area contributed by atoms with E-state index in [1.165, 1.54) is 0 Å². The minimum atomic E-state index is -0.670. The molecule has 7 rings (SSSR count). The first-order chi connectivity index (χ1) is 13.5. The maximum absolute atomic E-state index is 12.7. The van der Waals surface area contributed by atoms with Crippen LogP contribution in [0.4, 0.5) is 0 Å². The molecule has 2 N–H and O–H groups in total. The van der Waals surface area contributed by atoms with Crippen molar-refractivity contribution in [2.45, 2.75) is 0 Å². The van der Waals surface area contributed by atoms with Gasteiger partial charge in [0.15, 0.2) is 0 Å². The van der Waals surface area contributed by atoms with Gasteiger partial charge in [0, 0.05) is 0 Å². The van der Waals surface area contributed by atoms with E-state index in [9.17, 15) is 19.2 Å². The van der Waals surface area contributed by atoms with Crippen LogP contribution in [0.25, 0.3) is 43.1 Å². The van der Waals surface area contributed by atoms with E-state index in [0.29, 0.717) is 10.8 Å². The van der Waals surface area contributed by atoms with Crippen molar-refractivity contribution in [3.05, 3.63) is 80.4 Å². The molecule has 0 fully saturated rings. The summed E-state index contributed by atoms with van der Waals surface area (Å²) in [7, 11) is 0. The summed E-state index contributed by atoms with van der Waals surface area (Å²) in [6.07, 6.45) is 0. The van der Waals surface area contributed by atoms with Gasteiger partial charge in [0.2, 0.25) is 0 Å². The summed E-state index contributed by atoms with van der Waals surface area (Å²) in [5.41, 5.74) is -1.38. The lowest BCUT2D eigenvalue weighted by atomic mass is 9.92. The average molecular weight is 366 g/mol. The highest BCUT2D eigenvalue weighted by Gasteiger charge is 2.34. The maximum atomic E-state index is 12.7. The summed E-state index contributed by atoms with van der Waals surface area (Å²) in [5.74, 6) is -1.30. The first-order valence-electron chi connectivity index (χ1n) is 8.70. The molecule has 2 amide bonds. The number of hydrogen-bond donors (Lipinski definition) is 2. The van der Waals surface area contributed by atoms with Gasteiger partial charge in [-0.1, -0.05) is 24.3 Å². The summed E-state index contributed by atoms with van der Waals surface area (Å²) in [6.45, 7) is 0. The second-order valence-electron chi connectivity index (χ2n) is 7.01. The molecule has 28 heavy (non-hydrogen) atoms. The number of benzene rings is 4. The second kappa shape index (κ2) is 4.80. The molecule has 0 aliphatic carbocycles. The Kier molecular flexibility index (Phi) is 2.58. The fourth-order valence-corrected chi connectivity index (χ4v) is 4.31. The Balaban J connectivity index is 1.96. The Morgan fingerprint density at radius 2 is 1.04 bits per heavy atom. The van der Waals surface area contributed by atoms with Crippen molar-refractivity contribution in [1.29, 1.82) is 0 Å². The summed E-state index contributed by atoms with van der Waals surface area (Å²) < 4.78 is 0. The Labute approximate surface area is 155 Å². The van der Waals surface area contributed by atoms with Crippen LogP contribution in [0.3, 0.4) is 0 Å². The second-order valence-corrected chi connectivity index (χ2v) is 7.01. The number of carbonyl (C=O) groups excluding carboxylic acids is 2. The fourth-order valence-electron chi connectivity index (χ4n) is 4.31. The van der Waals surface area contributed by atoms with E-state index >= 15 is 0 Å². The lowest BCUT2D eigenvalue weighted by molar-refractivity contribution is 0.0880. The zero-order chi connectivity index (χ0) is 19.2. The summed E-state index contributed by atoms with van der Waals surface area (Å²) in [5, 5.41) is 7.17. The SMILES string of the molecule is O=C1NC(=O)c2c1c1c(=O)[nH]c(=O)c2c2cc3cc4ccccc4cc3cc12. The van der Waals surface area contributed by atoms with E-state index in [-0.39, 0.29) is 21.9 Å². The summed E-state index contributed by atoms with van der Waals surface area (Å²) in [4.78, 5) is 52.3. The minimum absolute atomic E-state index is 0.0176. The van der Waals surface area contributed by atoms with Gasteiger partial charge in [0.25, 0.3) is 22.9 Å². The Morgan fingerprint density at radius 3 is 1.50 bits per heavy atom. The molecule has 1 aliphatic heterocycles. The quantitative estimate of drug-likeness (QED) is 0.325. The van der Waals surface area contributed by atoms with Crippen LogP contribution >= 0.6 is 0 Å². The molecule has 0 radical (unpaired) electrons. The zero-order valence-electron chi connectivity index (χ0n) is 14.3. The number of fused-ring (bicyclic) bond motifs is 4. The molecule has 0 atom stereocenters. The van der Waals surface area contributed by atoms with Crippen molar-refractivity contribution in [1.82, 2.24) is 10.3 Å². The van der Waals surface area contributed by atoms with Gasteiger partial charge in [-0.3, -0.25) is 29.5 Å². The van der Waals surface area contributed by atoms with Gasteiger partial charge in [0.1, 0.15) is 0 Å². The van der Waals surface area contributed by atoms with E-state index in [4.69, 9.17) is 0 Å². The highest BCUT2D eigenvalue weighted by atomic mass is 16.2. The standard InChI is InChI=1S/C22H10N2O4/c25-19-15-13-7-11-5-9-3-1-2-4-10(9)6-12(11)8-14(13)16(20(26)23-19)18-17(15)21(27)24-22(18)28/h1-8H,(H,23,25,26)(H,24,27,28).